The first-order valence-electron chi connectivity index (χ1n) is 7.55. The second-order valence-electron chi connectivity index (χ2n) is 5.47. The van der Waals surface area contributed by atoms with Crippen molar-refractivity contribution in [1.29, 1.82) is 0 Å². The van der Waals surface area contributed by atoms with Crippen LogP contribution in [0.3, 0.4) is 0 Å². The molecule has 0 atom stereocenters. The van der Waals surface area contributed by atoms with Crippen LogP contribution < -0.4 is 5.32 Å². The summed E-state index contributed by atoms with van der Waals surface area (Å²) in [6.07, 6.45) is 8.00. The molecule has 17 heavy (non-hydrogen) atoms. The van der Waals surface area contributed by atoms with E-state index in [1.54, 1.807) is 0 Å². The normalized spacial score (nSPS) is 12.0. The Hall–Kier alpha value is -0.0800. The van der Waals surface area contributed by atoms with E-state index < -0.39 is 0 Å². The van der Waals surface area contributed by atoms with Gasteiger partial charge in [0, 0.05) is 12.1 Å². The van der Waals surface area contributed by atoms with Crippen molar-refractivity contribution in [3.05, 3.63) is 0 Å². The first kappa shape index (κ1) is 16.9. The maximum absolute atomic E-state index is 3.47. The van der Waals surface area contributed by atoms with E-state index in [4.69, 9.17) is 0 Å². The Morgan fingerprint density at radius 3 is 2.06 bits per heavy atom. The fourth-order valence-corrected chi connectivity index (χ4v) is 2.33. The predicted molar refractivity (Wildman–Crippen MR) is 78.6 cm³/mol. The third kappa shape index (κ3) is 9.61. The van der Waals surface area contributed by atoms with Crippen molar-refractivity contribution in [3.63, 3.8) is 0 Å². The van der Waals surface area contributed by atoms with Crippen LogP contribution in [0.25, 0.3) is 0 Å². The largest absolute Gasteiger partial charge is 0.315 e. The molecule has 0 spiro atoms. The predicted octanol–water partition coefficient (Wildman–Crippen LogP) is 3.67. The lowest BCUT2D eigenvalue weighted by Gasteiger charge is -2.25. The Morgan fingerprint density at radius 2 is 1.53 bits per heavy atom. The molecule has 2 nitrogen and oxygen atoms in total. The molecule has 0 heterocycles. The van der Waals surface area contributed by atoms with Gasteiger partial charge >= 0.3 is 0 Å². The average molecular weight is 242 g/mol. The lowest BCUT2D eigenvalue weighted by molar-refractivity contribution is 0.225. The van der Waals surface area contributed by atoms with Gasteiger partial charge in [-0.05, 0) is 45.8 Å². The molecule has 2 heteroatoms. The van der Waals surface area contributed by atoms with E-state index in [2.05, 4.69) is 45.0 Å². The zero-order valence-electron chi connectivity index (χ0n) is 12.8. The number of unbranched alkanes of at least 4 members (excludes halogenated alkanes) is 3. The molecular weight excluding hydrogens is 208 g/mol. The summed E-state index contributed by atoms with van der Waals surface area (Å²) in [5.74, 6) is 0. The van der Waals surface area contributed by atoms with E-state index in [1.807, 2.05) is 0 Å². The maximum Gasteiger partial charge on any atom is 0.00869 e. The number of nitrogens with one attached hydrogen (secondary N) is 1. The maximum atomic E-state index is 3.47. The van der Waals surface area contributed by atoms with Crippen LogP contribution >= 0.6 is 0 Å². The lowest BCUT2D eigenvalue weighted by atomic mass is 10.1. The van der Waals surface area contributed by atoms with Crippen molar-refractivity contribution in [1.82, 2.24) is 10.2 Å². The molecule has 0 rings (SSSR count). The molecular formula is C15H34N2. The van der Waals surface area contributed by atoms with Crippen LogP contribution in [-0.4, -0.2) is 37.1 Å². The third-order valence-electron chi connectivity index (χ3n) is 3.56. The molecule has 0 radical (unpaired) electrons. The summed E-state index contributed by atoms with van der Waals surface area (Å²) in [7, 11) is 2.28. The summed E-state index contributed by atoms with van der Waals surface area (Å²) >= 11 is 0. The van der Waals surface area contributed by atoms with Gasteiger partial charge in [0.05, 0.1) is 0 Å². The molecule has 0 aliphatic heterocycles. The molecule has 0 bridgehead atoms. The van der Waals surface area contributed by atoms with Crippen molar-refractivity contribution in [3.8, 4) is 0 Å². The SMILES string of the molecule is CCC(CC)N(C)CCCCCCNC(C)C. The minimum absolute atomic E-state index is 0.635. The van der Waals surface area contributed by atoms with E-state index in [0.29, 0.717) is 6.04 Å². The van der Waals surface area contributed by atoms with Crippen LogP contribution in [0, 0.1) is 0 Å². The van der Waals surface area contributed by atoms with E-state index in [0.717, 1.165) is 6.04 Å². The average Bonchev–Trinajstić information content (AvgIpc) is 2.29. The van der Waals surface area contributed by atoms with Gasteiger partial charge in [-0.3, -0.25) is 0 Å². The Morgan fingerprint density at radius 1 is 0.941 bits per heavy atom. The van der Waals surface area contributed by atoms with E-state index in [-0.39, 0.29) is 0 Å². The highest BCUT2D eigenvalue weighted by Crippen LogP contribution is 2.08. The Kier molecular flexibility index (Phi) is 11.0. The van der Waals surface area contributed by atoms with E-state index in [1.165, 1.54) is 51.6 Å². The van der Waals surface area contributed by atoms with Gasteiger partial charge in [-0.2, -0.15) is 0 Å². The zero-order chi connectivity index (χ0) is 13.1. The molecule has 0 aromatic heterocycles. The molecule has 104 valence electrons. The minimum atomic E-state index is 0.635. The summed E-state index contributed by atoms with van der Waals surface area (Å²) in [6.45, 7) is 11.5. The molecule has 0 aliphatic carbocycles. The third-order valence-corrected chi connectivity index (χ3v) is 3.56. The first-order valence-corrected chi connectivity index (χ1v) is 7.55. The number of hydrogen-bond acceptors (Lipinski definition) is 2. The Labute approximate surface area is 109 Å². The van der Waals surface area contributed by atoms with Gasteiger partial charge in [0.1, 0.15) is 0 Å². The molecule has 0 aromatic carbocycles. The van der Waals surface area contributed by atoms with Crippen molar-refractivity contribution >= 4 is 0 Å². The fourth-order valence-electron chi connectivity index (χ4n) is 2.33. The standard InChI is InChI=1S/C15H34N2/c1-6-15(7-2)17(5)13-11-9-8-10-12-16-14(3)4/h14-16H,6-13H2,1-5H3. The second-order valence-corrected chi connectivity index (χ2v) is 5.47. The molecule has 0 aromatic rings. The van der Waals surface area contributed by atoms with Gasteiger partial charge in [0.25, 0.3) is 0 Å². The van der Waals surface area contributed by atoms with Crippen molar-refractivity contribution in [2.45, 2.75) is 78.3 Å². The second kappa shape index (κ2) is 11.0. The molecule has 0 saturated carbocycles. The van der Waals surface area contributed by atoms with Crippen LogP contribution in [0.4, 0.5) is 0 Å². The molecule has 0 aliphatic rings. The van der Waals surface area contributed by atoms with Gasteiger partial charge < -0.3 is 10.2 Å². The zero-order valence-corrected chi connectivity index (χ0v) is 12.8. The van der Waals surface area contributed by atoms with Gasteiger partial charge in [0.2, 0.25) is 0 Å². The van der Waals surface area contributed by atoms with Crippen LogP contribution in [0.1, 0.15) is 66.2 Å². The smallest absolute Gasteiger partial charge is 0.00869 e. The highest BCUT2D eigenvalue weighted by atomic mass is 15.1. The van der Waals surface area contributed by atoms with E-state index in [9.17, 15) is 0 Å². The van der Waals surface area contributed by atoms with Crippen molar-refractivity contribution < 1.29 is 0 Å². The van der Waals surface area contributed by atoms with Crippen LogP contribution in [0.15, 0.2) is 0 Å². The quantitative estimate of drug-likeness (QED) is 0.556. The Bertz CT molecular complexity index is 153. The van der Waals surface area contributed by atoms with Gasteiger partial charge in [-0.25, -0.2) is 0 Å². The fraction of sp³-hybridized carbons (Fsp3) is 1.00. The molecule has 0 fully saturated rings. The van der Waals surface area contributed by atoms with Gasteiger partial charge in [-0.15, -0.1) is 0 Å². The highest BCUT2D eigenvalue weighted by molar-refractivity contribution is 4.65. The van der Waals surface area contributed by atoms with Crippen LogP contribution in [0.2, 0.25) is 0 Å². The molecule has 0 unspecified atom stereocenters. The first-order chi connectivity index (χ1) is 8.11. The van der Waals surface area contributed by atoms with E-state index >= 15 is 0 Å². The Balaban J connectivity index is 3.33. The highest BCUT2D eigenvalue weighted by Gasteiger charge is 2.08. The van der Waals surface area contributed by atoms with Gasteiger partial charge in [0.15, 0.2) is 0 Å². The summed E-state index contributed by atoms with van der Waals surface area (Å²) in [5.41, 5.74) is 0. The van der Waals surface area contributed by atoms with Crippen LogP contribution in [-0.2, 0) is 0 Å². The monoisotopic (exact) mass is 242 g/mol. The van der Waals surface area contributed by atoms with Crippen molar-refractivity contribution in [2.75, 3.05) is 20.1 Å². The number of rotatable bonds is 11. The molecule has 1 N–H and O–H groups in total. The summed E-state index contributed by atoms with van der Waals surface area (Å²) in [4.78, 5) is 2.53. The van der Waals surface area contributed by atoms with Crippen molar-refractivity contribution in [2.24, 2.45) is 0 Å². The number of hydrogen-bond donors (Lipinski definition) is 1. The lowest BCUT2D eigenvalue weighted by Crippen LogP contribution is -2.31. The summed E-state index contributed by atoms with van der Waals surface area (Å²) < 4.78 is 0. The number of nitrogens with zero attached hydrogens (tertiary/aromatic N) is 1. The van der Waals surface area contributed by atoms with Crippen LogP contribution in [0.5, 0.6) is 0 Å². The summed E-state index contributed by atoms with van der Waals surface area (Å²) in [6, 6.07) is 1.42. The van der Waals surface area contributed by atoms with Gasteiger partial charge in [-0.1, -0.05) is 40.5 Å². The summed E-state index contributed by atoms with van der Waals surface area (Å²) in [5, 5.41) is 3.47. The minimum Gasteiger partial charge on any atom is -0.315 e. The topological polar surface area (TPSA) is 15.3 Å². The molecule has 0 saturated heterocycles. The molecule has 0 amide bonds.